The lowest BCUT2D eigenvalue weighted by Crippen LogP contribution is -2.17. The minimum absolute atomic E-state index is 0.0232. The fraction of sp³-hybridized carbons (Fsp3) is 0.263. The smallest absolute Gasteiger partial charge is 0.327 e. The van der Waals surface area contributed by atoms with E-state index in [1.807, 2.05) is 0 Å². The summed E-state index contributed by atoms with van der Waals surface area (Å²) < 4.78 is 20.4. The van der Waals surface area contributed by atoms with E-state index in [9.17, 15) is 14.3 Å². The molecule has 158 valence electrons. The maximum Gasteiger partial charge on any atom is 0.327 e. The number of benzene rings is 1. The lowest BCUT2D eigenvalue weighted by atomic mass is 10.1. The molecule has 0 fully saturated rings. The van der Waals surface area contributed by atoms with E-state index in [2.05, 4.69) is 25.7 Å². The van der Waals surface area contributed by atoms with Gasteiger partial charge in [-0.3, -0.25) is 9.48 Å². The van der Waals surface area contributed by atoms with Crippen LogP contribution in [0.15, 0.2) is 42.9 Å². The largest absolute Gasteiger partial charge is 0.465 e. The summed E-state index contributed by atoms with van der Waals surface area (Å²) in [6.07, 6.45) is 4.47. The van der Waals surface area contributed by atoms with Gasteiger partial charge in [0.15, 0.2) is 5.82 Å². The van der Waals surface area contributed by atoms with Crippen LogP contribution in [-0.4, -0.2) is 44.0 Å². The number of halogens is 2. The number of hydrogen-bond acceptors (Lipinski definition) is 8. The predicted octanol–water partition coefficient (Wildman–Crippen LogP) is 2.92. The summed E-state index contributed by atoms with van der Waals surface area (Å²) in [5.41, 5.74) is 0.824. The molecule has 30 heavy (non-hydrogen) atoms. The Balaban J connectivity index is 1.73. The molecule has 1 aromatic carbocycles. The van der Waals surface area contributed by atoms with Crippen molar-refractivity contribution in [3.05, 3.63) is 59.3 Å². The molecule has 1 atom stereocenters. The van der Waals surface area contributed by atoms with Gasteiger partial charge in [0.2, 0.25) is 5.95 Å². The SMILES string of the molecule is CCOC(=O)Cn1cc(Nc2ncc(Cl)c(NC(CO)c3ccccc3F)n2)cn1. The highest BCUT2D eigenvalue weighted by atomic mass is 35.5. The number of nitrogens with one attached hydrogen (secondary N) is 2. The Morgan fingerprint density at radius 2 is 2.17 bits per heavy atom. The standard InChI is InChI=1S/C19H20ClFN6O3/c1-2-30-17(29)10-27-9-12(7-23-27)24-19-22-8-14(20)18(26-19)25-16(11-28)13-5-3-4-6-15(13)21/h3-9,16,28H,2,10-11H2,1H3,(H2,22,24,25,26). The molecule has 0 aliphatic carbocycles. The Bertz CT molecular complexity index is 1020. The first kappa shape index (κ1) is 21.5. The minimum Gasteiger partial charge on any atom is -0.465 e. The number of carbonyl (C=O) groups excluding carboxylic acids is 1. The first-order valence-electron chi connectivity index (χ1n) is 9.09. The van der Waals surface area contributed by atoms with Gasteiger partial charge in [0.05, 0.1) is 37.3 Å². The molecule has 0 radical (unpaired) electrons. The topological polar surface area (TPSA) is 114 Å². The van der Waals surface area contributed by atoms with Crippen molar-refractivity contribution in [2.45, 2.75) is 19.5 Å². The molecule has 9 nitrogen and oxygen atoms in total. The van der Waals surface area contributed by atoms with Crippen molar-refractivity contribution in [2.24, 2.45) is 0 Å². The van der Waals surface area contributed by atoms with Crippen LogP contribution in [0.2, 0.25) is 5.02 Å². The lowest BCUT2D eigenvalue weighted by molar-refractivity contribution is -0.144. The molecular formula is C19H20ClFN6O3. The number of ether oxygens (including phenoxy) is 1. The van der Waals surface area contributed by atoms with E-state index in [0.29, 0.717) is 12.3 Å². The molecule has 3 rings (SSSR count). The average molecular weight is 435 g/mol. The van der Waals surface area contributed by atoms with Gasteiger partial charge in [0.25, 0.3) is 0 Å². The van der Waals surface area contributed by atoms with Gasteiger partial charge in [-0.15, -0.1) is 0 Å². The second-order valence-corrected chi connectivity index (χ2v) is 6.55. The van der Waals surface area contributed by atoms with E-state index < -0.39 is 17.8 Å². The predicted molar refractivity (Wildman–Crippen MR) is 109 cm³/mol. The van der Waals surface area contributed by atoms with E-state index in [-0.39, 0.29) is 35.5 Å². The van der Waals surface area contributed by atoms with E-state index in [4.69, 9.17) is 16.3 Å². The highest BCUT2D eigenvalue weighted by Crippen LogP contribution is 2.26. The number of esters is 1. The Morgan fingerprint density at radius 3 is 2.90 bits per heavy atom. The number of rotatable bonds is 9. The summed E-state index contributed by atoms with van der Waals surface area (Å²) in [5.74, 6) is -0.440. The molecule has 2 heterocycles. The van der Waals surface area contributed by atoms with Crippen LogP contribution in [0, 0.1) is 5.82 Å². The van der Waals surface area contributed by atoms with Gasteiger partial charge in [0.1, 0.15) is 17.4 Å². The number of aliphatic hydroxyl groups is 1. The zero-order chi connectivity index (χ0) is 21.5. The van der Waals surface area contributed by atoms with Crippen molar-refractivity contribution in [2.75, 3.05) is 23.8 Å². The summed E-state index contributed by atoms with van der Waals surface area (Å²) >= 11 is 6.16. The van der Waals surface area contributed by atoms with Crippen molar-refractivity contribution in [1.29, 1.82) is 0 Å². The molecule has 0 bridgehead atoms. The maximum absolute atomic E-state index is 14.1. The van der Waals surface area contributed by atoms with Gasteiger partial charge in [-0.2, -0.15) is 10.1 Å². The normalized spacial score (nSPS) is 11.7. The van der Waals surface area contributed by atoms with Crippen molar-refractivity contribution in [1.82, 2.24) is 19.7 Å². The number of carbonyl (C=O) groups is 1. The van der Waals surface area contributed by atoms with Crippen LogP contribution in [0.25, 0.3) is 0 Å². The van der Waals surface area contributed by atoms with Gasteiger partial charge >= 0.3 is 5.97 Å². The summed E-state index contributed by atoms with van der Waals surface area (Å²) in [6, 6.07) is 5.36. The van der Waals surface area contributed by atoms with Crippen LogP contribution in [-0.2, 0) is 16.1 Å². The number of aromatic nitrogens is 4. The highest BCUT2D eigenvalue weighted by Gasteiger charge is 2.17. The fourth-order valence-corrected chi connectivity index (χ4v) is 2.80. The van der Waals surface area contributed by atoms with Gasteiger partial charge in [0, 0.05) is 11.8 Å². The average Bonchev–Trinajstić information content (AvgIpc) is 3.15. The third-order valence-corrected chi connectivity index (χ3v) is 4.28. The molecule has 0 aliphatic rings. The van der Waals surface area contributed by atoms with Gasteiger partial charge in [-0.1, -0.05) is 29.8 Å². The number of anilines is 3. The van der Waals surface area contributed by atoms with Gasteiger partial charge in [-0.05, 0) is 13.0 Å². The minimum atomic E-state index is -0.751. The molecule has 1 unspecified atom stereocenters. The monoisotopic (exact) mass is 434 g/mol. The summed E-state index contributed by atoms with van der Waals surface area (Å²) in [7, 11) is 0. The second-order valence-electron chi connectivity index (χ2n) is 6.15. The third kappa shape index (κ3) is 5.43. The Labute approximate surface area is 176 Å². The van der Waals surface area contributed by atoms with Gasteiger partial charge < -0.3 is 20.5 Å². The molecule has 0 saturated carbocycles. The number of hydrogen-bond donors (Lipinski definition) is 3. The third-order valence-electron chi connectivity index (χ3n) is 4.00. The Hall–Kier alpha value is -3.24. The molecule has 3 aromatic rings. The summed E-state index contributed by atoms with van der Waals surface area (Å²) in [4.78, 5) is 19.9. The number of nitrogens with zero attached hydrogens (tertiary/aromatic N) is 4. The van der Waals surface area contributed by atoms with E-state index in [0.717, 1.165) is 0 Å². The molecule has 0 saturated heterocycles. The van der Waals surface area contributed by atoms with E-state index in [1.54, 1.807) is 31.3 Å². The van der Waals surface area contributed by atoms with Crippen molar-refractivity contribution >= 4 is 35.0 Å². The van der Waals surface area contributed by atoms with Crippen molar-refractivity contribution in [3.63, 3.8) is 0 Å². The molecular weight excluding hydrogens is 415 g/mol. The zero-order valence-electron chi connectivity index (χ0n) is 16.0. The summed E-state index contributed by atoms with van der Waals surface area (Å²) in [5, 5.41) is 19.8. The Kier molecular flexibility index (Phi) is 7.15. The maximum atomic E-state index is 14.1. The molecule has 11 heteroatoms. The molecule has 0 spiro atoms. The van der Waals surface area contributed by atoms with Crippen molar-refractivity contribution in [3.8, 4) is 0 Å². The van der Waals surface area contributed by atoms with E-state index in [1.165, 1.54) is 23.1 Å². The Morgan fingerprint density at radius 1 is 1.37 bits per heavy atom. The van der Waals surface area contributed by atoms with Crippen LogP contribution in [0.5, 0.6) is 0 Å². The molecule has 3 N–H and O–H groups in total. The van der Waals surface area contributed by atoms with Crippen LogP contribution in [0.1, 0.15) is 18.5 Å². The van der Waals surface area contributed by atoms with Crippen LogP contribution in [0.4, 0.5) is 21.8 Å². The second kappa shape index (κ2) is 9.99. The van der Waals surface area contributed by atoms with Gasteiger partial charge in [-0.25, -0.2) is 9.37 Å². The molecule has 2 aromatic heterocycles. The first-order valence-corrected chi connectivity index (χ1v) is 9.47. The molecule has 0 amide bonds. The summed E-state index contributed by atoms with van der Waals surface area (Å²) in [6.45, 7) is 1.63. The van der Waals surface area contributed by atoms with Crippen LogP contribution < -0.4 is 10.6 Å². The van der Waals surface area contributed by atoms with E-state index >= 15 is 0 Å². The highest BCUT2D eigenvalue weighted by molar-refractivity contribution is 6.32. The molecule has 0 aliphatic heterocycles. The quantitative estimate of drug-likeness (QED) is 0.440. The first-order chi connectivity index (χ1) is 14.5. The number of aliphatic hydroxyl groups excluding tert-OH is 1. The van der Waals surface area contributed by atoms with Crippen LogP contribution in [0.3, 0.4) is 0 Å². The van der Waals surface area contributed by atoms with Crippen LogP contribution >= 0.6 is 11.6 Å². The van der Waals surface area contributed by atoms with Crippen molar-refractivity contribution < 1.29 is 19.0 Å². The lowest BCUT2D eigenvalue weighted by Gasteiger charge is -2.19. The zero-order valence-corrected chi connectivity index (χ0v) is 16.8. The fourth-order valence-electron chi connectivity index (χ4n) is 2.66.